The van der Waals surface area contributed by atoms with Gasteiger partial charge in [0.05, 0.1) is 12.1 Å². The van der Waals surface area contributed by atoms with E-state index >= 15 is 0 Å². The molecule has 0 radical (unpaired) electrons. The Hall–Kier alpha value is -1.62. The SMILES string of the molecule is Cc1ccn2nc(NC3(CO)CCCC(C)C3)nc2c1. The number of aliphatic hydroxyl groups is 1. The maximum Gasteiger partial charge on any atom is 0.243 e. The van der Waals surface area contributed by atoms with Crippen LogP contribution in [0.2, 0.25) is 0 Å². The van der Waals surface area contributed by atoms with Crippen LogP contribution in [0, 0.1) is 12.8 Å². The molecule has 1 saturated carbocycles. The standard InChI is InChI=1S/C15H22N4O/c1-11-5-7-19-13(8-11)16-14(18-19)17-15(10-20)6-3-4-12(2)9-15/h5,7-8,12,20H,3-4,6,9-10H2,1-2H3,(H,17,18). The van der Waals surface area contributed by atoms with E-state index in [2.05, 4.69) is 22.3 Å². The van der Waals surface area contributed by atoms with Crippen LogP contribution < -0.4 is 5.32 Å². The van der Waals surface area contributed by atoms with Crippen LogP contribution in [0.3, 0.4) is 0 Å². The number of rotatable bonds is 3. The molecule has 2 heterocycles. The monoisotopic (exact) mass is 274 g/mol. The van der Waals surface area contributed by atoms with Crippen molar-refractivity contribution in [1.29, 1.82) is 0 Å². The Morgan fingerprint density at radius 2 is 2.40 bits per heavy atom. The smallest absolute Gasteiger partial charge is 0.243 e. The highest BCUT2D eigenvalue weighted by molar-refractivity contribution is 5.46. The van der Waals surface area contributed by atoms with Crippen molar-refractivity contribution in [2.24, 2.45) is 5.92 Å². The number of pyridine rings is 1. The van der Waals surface area contributed by atoms with Gasteiger partial charge in [0.25, 0.3) is 0 Å². The summed E-state index contributed by atoms with van der Waals surface area (Å²) in [4.78, 5) is 4.52. The minimum Gasteiger partial charge on any atom is -0.394 e. The van der Waals surface area contributed by atoms with E-state index in [1.807, 2.05) is 25.3 Å². The molecule has 5 heteroatoms. The number of fused-ring (bicyclic) bond motifs is 1. The molecule has 0 bridgehead atoms. The molecule has 0 spiro atoms. The Morgan fingerprint density at radius 1 is 1.55 bits per heavy atom. The fourth-order valence-electron chi connectivity index (χ4n) is 3.23. The molecule has 0 saturated heterocycles. The lowest BCUT2D eigenvalue weighted by Crippen LogP contribution is -2.46. The van der Waals surface area contributed by atoms with Gasteiger partial charge in [-0.2, -0.15) is 4.98 Å². The van der Waals surface area contributed by atoms with Gasteiger partial charge in [0.1, 0.15) is 0 Å². The van der Waals surface area contributed by atoms with Gasteiger partial charge >= 0.3 is 0 Å². The second-order valence-corrected chi connectivity index (χ2v) is 6.21. The van der Waals surface area contributed by atoms with E-state index in [-0.39, 0.29) is 12.1 Å². The zero-order valence-corrected chi connectivity index (χ0v) is 12.1. The number of anilines is 1. The molecule has 20 heavy (non-hydrogen) atoms. The third-order valence-electron chi connectivity index (χ3n) is 4.26. The van der Waals surface area contributed by atoms with E-state index in [0.717, 1.165) is 24.9 Å². The first-order chi connectivity index (χ1) is 9.60. The van der Waals surface area contributed by atoms with Crippen molar-refractivity contribution in [2.75, 3.05) is 11.9 Å². The summed E-state index contributed by atoms with van der Waals surface area (Å²) in [6, 6.07) is 4.02. The molecular weight excluding hydrogens is 252 g/mol. The highest BCUT2D eigenvalue weighted by Crippen LogP contribution is 2.34. The van der Waals surface area contributed by atoms with E-state index in [1.165, 1.54) is 12.0 Å². The van der Waals surface area contributed by atoms with Crippen molar-refractivity contribution in [1.82, 2.24) is 14.6 Å². The number of aryl methyl sites for hydroxylation is 1. The third-order valence-corrected chi connectivity index (χ3v) is 4.26. The van der Waals surface area contributed by atoms with Crippen LogP contribution in [0.1, 0.15) is 38.2 Å². The van der Waals surface area contributed by atoms with Crippen LogP contribution in [0.25, 0.3) is 5.65 Å². The fraction of sp³-hybridized carbons (Fsp3) is 0.600. The van der Waals surface area contributed by atoms with Crippen molar-refractivity contribution in [2.45, 2.75) is 45.1 Å². The Bertz CT molecular complexity index is 609. The number of hydrogen-bond acceptors (Lipinski definition) is 4. The second kappa shape index (κ2) is 5.05. The Labute approximate surface area is 119 Å². The maximum absolute atomic E-state index is 9.81. The number of aliphatic hydroxyl groups excluding tert-OH is 1. The topological polar surface area (TPSA) is 62.5 Å². The molecule has 1 aliphatic carbocycles. The number of nitrogens with one attached hydrogen (secondary N) is 1. The highest BCUT2D eigenvalue weighted by atomic mass is 16.3. The molecule has 2 aromatic heterocycles. The van der Waals surface area contributed by atoms with Crippen LogP contribution in [0.4, 0.5) is 5.95 Å². The van der Waals surface area contributed by atoms with E-state index in [0.29, 0.717) is 11.9 Å². The minimum absolute atomic E-state index is 0.131. The lowest BCUT2D eigenvalue weighted by atomic mass is 9.77. The van der Waals surface area contributed by atoms with Crippen LogP contribution in [0.5, 0.6) is 0 Å². The number of aromatic nitrogens is 3. The van der Waals surface area contributed by atoms with E-state index in [1.54, 1.807) is 4.52 Å². The van der Waals surface area contributed by atoms with Crippen molar-refractivity contribution in [3.8, 4) is 0 Å². The zero-order chi connectivity index (χ0) is 14.2. The van der Waals surface area contributed by atoms with Crippen molar-refractivity contribution >= 4 is 11.6 Å². The molecule has 0 aliphatic heterocycles. The molecule has 1 aliphatic rings. The predicted octanol–water partition coefficient (Wildman–Crippen LogP) is 2.39. The fourth-order valence-corrected chi connectivity index (χ4v) is 3.23. The number of hydrogen-bond donors (Lipinski definition) is 2. The minimum atomic E-state index is -0.266. The molecule has 2 unspecified atom stereocenters. The maximum atomic E-state index is 9.81. The van der Waals surface area contributed by atoms with Crippen LogP contribution in [0.15, 0.2) is 18.3 Å². The average Bonchev–Trinajstić information content (AvgIpc) is 2.79. The van der Waals surface area contributed by atoms with Gasteiger partial charge in [-0.05, 0) is 43.4 Å². The summed E-state index contributed by atoms with van der Waals surface area (Å²) in [7, 11) is 0. The average molecular weight is 274 g/mol. The predicted molar refractivity (Wildman–Crippen MR) is 78.8 cm³/mol. The van der Waals surface area contributed by atoms with Crippen LogP contribution >= 0.6 is 0 Å². The molecule has 2 N–H and O–H groups in total. The normalized spacial score (nSPS) is 26.9. The molecule has 108 valence electrons. The van der Waals surface area contributed by atoms with Gasteiger partial charge in [0.15, 0.2) is 5.65 Å². The van der Waals surface area contributed by atoms with Gasteiger partial charge < -0.3 is 10.4 Å². The van der Waals surface area contributed by atoms with Gasteiger partial charge in [0, 0.05) is 6.20 Å². The van der Waals surface area contributed by atoms with Crippen LogP contribution in [-0.2, 0) is 0 Å². The van der Waals surface area contributed by atoms with Gasteiger partial charge in [-0.3, -0.25) is 0 Å². The molecule has 2 atom stereocenters. The largest absolute Gasteiger partial charge is 0.394 e. The zero-order valence-electron chi connectivity index (χ0n) is 12.1. The van der Waals surface area contributed by atoms with E-state index in [9.17, 15) is 5.11 Å². The van der Waals surface area contributed by atoms with Gasteiger partial charge in [-0.15, -0.1) is 5.10 Å². The van der Waals surface area contributed by atoms with Crippen molar-refractivity contribution in [3.05, 3.63) is 23.9 Å². The Kier molecular flexibility index (Phi) is 3.38. The van der Waals surface area contributed by atoms with Crippen molar-refractivity contribution in [3.63, 3.8) is 0 Å². The molecule has 2 aromatic rings. The van der Waals surface area contributed by atoms with Crippen LogP contribution in [-0.4, -0.2) is 31.9 Å². The summed E-state index contributed by atoms with van der Waals surface area (Å²) in [6.07, 6.45) is 6.24. The summed E-state index contributed by atoms with van der Waals surface area (Å²) in [5.74, 6) is 1.24. The number of nitrogens with zero attached hydrogens (tertiary/aromatic N) is 3. The second-order valence-electron chi connectivity index (χ2n) is 6.21. The van der Waals surface area contributed by atoms with Gasteiger partial charge in [-0.1, -0.05) is 19.8 Å². The first-order valence-electron chi connectivity index (χ1n) is 7.32. The Morgan fingerprint density at radius 3 is 3.15 bits per heavy atom. The summed E-state index contributed by atoms with van der Waals surface area (Å²) in [5.41, 5.74) is 1.74. The first-order valence-corrected chi connectivity index (χ1v) is 7.32. The lowest BCUT2D eigenvalue weighted by molar-refractivity contribution is 0.149. The summed E-state index contributed by atoms with van der Waals surface area (Å²) >= 11 is 0. The third kappa shape index (κ3) is 2.50. The van der Waals surface area contributed by atoms with E-state index < -0.39 is 0 Å². The summed E-state index contributed by atoms with van der Waals surface area (Å²) < 4.78 is 1.77. The van der Waals surface area contributed by atoms with Gasteiger partial charge in [-0.25, -0.2) is 4.52 Å². The summed E-state index contributed by atoms with van der Waals surface area (Å²) in [6.45, 7) is 4.41. The van der Waals surface area contributed by atoms with Gasteiger partial charge in [0.2, 0.25) is 5.95 Å². The quantitative estimate of drug-likeness (QED) is 0.902. The van der Waals surface area contributed by atoms with E-state index in [4.69, 9.17) is 0 Å². The lowest BCUT2D eigenvalue weighted by Gasteiger charge is -2.39. The van der Waals surface area contributed by atoms with Crippen molar-refractivity contribution < 1.29 is 5.11 Å². The first kappa shape index (κ1) is 13.4. The molecule has 1 fully saturated rings. The molecule has 5 nitrogen and oxygen atoms in total. The molecule has 3 rings (SSSR count). The highest BCUT2D eigenvalue weighted by Gasteiger charge is 2.35. The molecular formula is C15H22N4O. The molecule has 0 aromatic carbocycles. The summed E-state index contributed by atoms with van der Waals surface area (Å²) in [5, 5.41) is 17.7. The Balaban J connectivity index is 1.87. The molecule has 0 amide bonds.